The Morgan fingerprint density at radius 2 is 1.83 bits per heavy atom. The second kappa shape index (κ2) is 8.49. The first kappa shape index (κ1) is 15.5. The van der Waals surface area contributed by atoms with Gasteiger partial charge in [0.05, 0.1) is 6.10 Å². The normalized spacial score (nSPS) is 12.7. The van der Waals surface area contributed by atoms with Gasteiger partial charge in [-0.05, 0) is 18.6 Å². The highest BCUT2D eigenvalue weighted by atomic mass is 35.5. The predicted octanol–water partition coefficient (Wildman–Crippen LogP) is 5.26. The highest BCUT2D eigenvalue weighted by Gasteiger charge is 2.12. The number of halogens is 2. The van der Waals surface area contributed by atoms with Gasteiger partial charge in [-0.3, -0.25) is 0 Å². The van der Waals surface area contributed by atoms with Crippen molar-refractivity contribution in [3.8, 4) is 0 Å². The van der Waals surface area contributed by atoms with Crippen molar-refractivity contribution in [3.63, 3.8) is 0 Å². The molecule has 18 heavy (non-hydrogen) atoms. The fourth-order valence-corrected chi connectivity index (χ4v) is 2.20. The quantitative estimate of drug-likeness (QED) is 0.640. The van der Waals surface area contributed by atoms with Gasteiger partial charge >= 0.3 is 0 Å². The molecule has 1 atom stereocenters. The highest BCUT2D eigenvalue weighted by Crippen LogP contribution is 2.24. The molecule has 0 heterocycles. The highest BCUT2D eigenvalue weighted by molar-refractivity contribution is 6.30. The molecule has 0 bridgehead atoms. The van der Waals surface area contributed by atoms with Gasteiger partial charge in [0.2, 0.25) is 0 Å². The first-order valence-corrected chi connectivity index (χ1v) is 7.16. The third-order valence-electron chi connectivity index (χ3n) is 3.15. The monoisotopic (exact) mass is 272 g/mol. The third-order valence-corrected chi connectivity index (χ3v) is 3.39. The minimum absolute atomic E-state index is 0.355. The lowest BCUT2D eigenvalue weighted by molar-refractivity contribution is 0.159. The average Bonchev–Trinajstić information content (AvgIpc) is 2.33. The first-order valence-electron chi connectivity index (χ1n) is 6.78. The smallest absolute Gasteiger partial charge is 0.130 e. The maximum atomic E-state index is 13.5. The number of hydrogen-bond donors (Lipinski definition) is 1. The molecule has 1 unspecified atom stereocenters. The summed E-state index contributed by atoms with van der Waals surface area (Å²) in [4.78, 5) is 0. The number of rotatable bonds is 8. The van der Waals surface area contributed by atoms with Crippen LogP contribution in [0.3, 0.4) is 0 Å². The van der Waals surface area contributed by atoms with Crippen molar-refractivity contribution in [1.29, 1.82) is 0 Å². The van der Waals surface area contributed by atoms with Gasteiger partial charge in [0.1, 0.15) is 5.82 Å². The summed E-state index contributed by atoms with van der Waals surface area (Å²) in [6.45, 7) is 2.19. The molecule has 0 aromatic heterocycles. The zero-order chi connectivity index (χ0) is 13.4. The van der Waals surface area contributed by atoms with E-state index in [-0.39, 0.29) is 0 Å². The number of hydrogen-bond acceptors (Lipinski definition) is 1. The Bertz CT molecular complexity index is 354. The predicted molar refractivity (Wildman–Crippen MR) is 74.4 cm³/mol. The fourth-order valence-electron chi connectivity index (χ4n) is 2.05. The van der Waals surface area contributed by atoms with Crippen LogP contribution in [0, 0.1) is 5.82 Å². The van der Waals surface area contributed by atoms with Gasteiger partial charge in [0, 0.05) is 10.6 Å². The third kappa shape index (κ3) is 5.36. The molecule has 0 spiro atoms. The van der Waals surface area contributed by atoms with Crippen LogP contribution >= 0.6 is 11.6 Å². The van der Waals surface area contributed by atoms with E-state index in [9.17, 15) is 9.50 Å². The lowest BCUT2D eigenvalue weighted by Crippen LogP contribution is -2.00. The summed E-state index contributed by atoms with van der Waals surface area (Å²) in [6, 6.07) is 4.44. The van der Waals surface area contributed by atoms with Crippen LogP contribution in [-0.2, 0) is 0 Å². The lowest BCUT2D eigenvalue weighted by Gasteiger charge is -2.12. The number of aliphatic hydroxyl groups excluding tert-OH is 1. The van der Waals surface area contributed by atoms with Crippen LogP contribution in [0.1, 0.15) is 63.5 Å². The van der Waals surface area contributed by atoms with Crippen LogP contribution in [0.5, 0.6) is 0 Å². The topological polar surface area (TPSA) is 20.2 Å². The minimum Gasteiger partial charge on any atom is -0.388 e. The van der Waals surface area contributed by atoms with E-state index in [2.05, 4.69) is 6.92 Å². The molecule has 102 valence electrons. The molecular formula is C15H22ClFO. The van der Waals surface area contributed by atoms with Crippen molar-refractivity contribution >= 4 is 11.6 Å². The molecule has 0 fully saturated rings. The molecule has 0 aliphatic rings. The summed E-state index contributed by atoms with van der Waals surface area (Å²) >= 11 is 5.68. The van der Waals surface area contributed by atoms with E-state index in [0.717, 1.165) is 12.8 Å². The van der Waals surface area contributed by atoms with Crippen LogP contribution < -0.4 is 0 Å². The van der Waals surface area contributed by atoms with E-state index < -0.39 is 11.9 Å². The van der Waals surface area contributed by atoms with Crippen LogP contribution in [0.4, 0.5) is 4.39 Å². The molecule has 0 aliphatic carbocycles. The standard InChI is InChI=1S/C15H22ClFO/c1-2-3-4-5-6-7-8-15(18)13-10-9-12(16)11-14(13)17/h9-11,15,18H,2-8H2,1H3. The van der Waals surface area contributed by atoms with Gasteiger partial charge in [-0.2, -0.15) is 0 Å². The molecule has 0 radical (unpaired) electrons. The van der Waals surface area contributed by atoms with Crippen molar-refractivity contribution in [2.24, 2.45) is 0 Å². The van der Waals surface area contributed by atoms with Crippen LogP contribution in [0.25, 0.3) is 0 Å². The molecular weight excluding hydrogens is 251 g/mol. The van der Waals surface area contributed by atoms with Crippen LogP contribution in [0.15, 0.2) is 18.2 Å². The van der Waals surface area contributed by atoms with Crippen molar-refractivity contribution in [2.75, 3.05) is 0 Å². The van der Waals surface area contributed by atoms with Gasteiger partial charge in [-0.25, -0.2) is 4.39 Å². The van der Waals surface area contributed by atoms with Crippen molar-refractivity contribution < 1.29 is 9.50 Å². The van der Waals surface area contributed by atoms with Gasteiger partial charge in [-0.15, -0.1) is 0 Å². The molecule has 0 saturated heterocycles. The second-order valence-electron chi connectivity index (χ2n) is 4.74. The van der Waals surface area contributed by atoms with Gasteiger partial charge < -0.3 is 5.11 Å². The second-order valence-corrected chi connectivity index (χ2v) is 5.17. The van der Waals surface area contributed by atoms with Crippen LogP contribution in [0.2, 0.25) is 5.02 Å². The first-order chi connectivity index (χ1) is 8.65. The Kier molecular flexibility index (Phi) is 7.29. The number of aliphatic hydroxyl groups is 1. The van der Waals surface area contributed by atoms with Gasteiger partial charge in [0.25, 0.3) is 0 Å². The minimum atomic E-state index is -0.714. The SMILES string of the molecule is CCCCCCCCC(O)c1ccc(Cl)cc1F. The molecule has 0 aliphatic heterocycles. The summed E-state index contributed by atoms with van der Waals surface area (Å²) < 4.78 is 13.5. The van der Waals surface area contributed by atoms with E-state index in [0.29, 0.717) is 17.0 Å². The Hall–Kier alpha value is -0.600. The van der Waals surface area contributed by atoms with Crippen molar-refractivity contribution in [3.05, 3.63) is 34.6 Å². The molecule has 1 rings (SSSR count). The summed E-state index contributed by atoms with van der Waals surface area (Å²) in [5.41, 5.74) is 0.355. The maximum Gasteiger partial charge on any atom is 0.130 e. The summed E-state index contributed by atoms with van der Waals surface area (Å²) in [6.07, 6.45) is 6.90. The van der Waals surface area contributed by atoms with E-state index >= 15 is 0 Å². The Morgan fingerprint density at radius 3 is 2.50 bits per heavy atom. The zero-order valence-corrected chi connectivity index (χ0v) is 11.7. The van der Waals surface area contributed by atoms with Crippen molar-refractivity contribution in [2.45, 2.75) is 58.0 Å². The van der Waals surface area contributed by atoms with Gasteiger partial charge in [-0.1, -0.05) is 63.1 Å². The van der Waals surface area contributed by atoms with E-state index in [4.69, 9.17) is 11.6 Å². The molecule has 1 N–H and O–H groups in total. The molecule has 0 amide bonds. The molecule has 1 aromatic carbocycles. The van der Waals surface area contributed by atoms with Crippen molar-refractivity contribution in [1.82, 2.24) is 0 Å². The summed E-state index contributed by atoms with van der Waals surface area (Å²) in [5, 5.41) is 10.3. The Labute approximate surface area is 114 Å². The van der Waals surface area contributed by atoms with Gasteiger partial charge in [0.15, 0.2) is 0 Å². The number of benzene rings is 1. The fraction of sp³-hybridized carbons (Fsp3) is 0.600. The summed E-state index contributed by atoms with van der Waals surface area (Å²) in [5.74, 6) is -0.416. The summed E-state index contributed by atoms with van der Waals surface area (Å²) in [7, 11) is 0. The molecule has 0 saturated carbocycles. The van der Waals surface area contributed by atoms with Crippen LogP contribution in [-0.4, -0.2) is 5.11 Å². The largest absolute Gasteiger partial charge is 0.388 e. The Morgan fingerprint density at radius 1 is 1.17 bits per heavy atom. The van der Waals surface area contributed by atoms with E-state index in [1.165, 1.54) is 31.7 Å². The average molecular weight is 273 g/mol. The maximum absolute atomic E-state index is 13.5. The zero-order valence-electron chi connectivity index (χ0n) is 11.0. The molecule has 1 aromatic rings. The van der Waals surface area contributed by atoms with E-state index in [1.807, 2.05) is 0 Å². The molecule has 3 heteroatoms. The van der Waals surface area contributed by atoms with E-state index in [1.54, 1.807) is 12.1 Å². The lowest BCUT2D eigenvalue weighted by atomic mass is 10.0. The number of unbranched alkanes of at least 4 members (excludes halogenated alkanes) is 5. The molecule has 1 nitrogen and oxygen atoms in total. The Balaban J connectivity index is 2.29.